The number of carbonyl (C=O) groups excluding carboxylic acids is 1. The fourth-order valence-corrected chi connectivity index (χ4v) is 1.75. The maximum atomic E-state index is 12.0. The maximum Gasteiger partial charge on any atom is 0.405 e. The molecule has 0 fully saturated rings. The van der Waals surface area contributed by atoms with Gasteiger partial charge < -0.3 is 10.6 Å². The molecule has 1 aromatic rings. The van der Waals surface area contributed by atoms with Crippen LogP contribution in [-0.2, 0) is 6.42 Å². The Balaban J connectivity index is 2.57. The highest BCUT2D eigenvalue weighted by atomic mass is 19.4. The molecule has 0 saturated carbocycles. The van der Waals surface area contributed by atoms with E-state index in [9.17, 15) is 18.0 Å². The Morgan fingerprint density at radius 1 is 1.30 bits per heavy atom. The number of anilines is 1. The van der Waals surface area contributed by atoms with Gasteiger partial charge in [-0.15, -0.1) is 0 Å². The van der Waals surface area contributed by atoms with Crippen molar-refractivity contribution >= 4 is 11.7 Å². The molecule has 0 atom stereocenters. The topological polar surface area (TPSA) is 41.1 Å². The van der Waals surface area contributed by atoms with Crippen LogP contribution in [0, 0.1) is 6.92 Å². The first-order chi connectivity index (χ1) is 9.31. The highest BCUT2D eigenvalue weighted by molar-refractivity contribution is 5.90. The summed E-state index contributed by atoms with van der Waals surface area (Å²) in [5, 5.41) is 4.19. The smallest absolute Gasteiger partial charge is 0.329 e. The number of carbonyl (C=O) groups is 1. The summed E-state index contributed by atoms with van der Waals surface area (Å²) in [6.07, 6.45) is -1.27. The molecule has 6 heteroatoms. The van der Waals surface area contributed by atoms with Crippen LogP contribution in [0.4, 0.5) is 23.7 Å². The number of hydrogen-bond acceptors (Lipinski definition) is 1. The van der Waals surface area contributed by atoms with Crippen LogP contribution < -0.4 is 10.6 Å². The maximum absolute atomic E-state index is 12.0. The molecule has 0 aliphatic heterocycles. The number of unbranched alkanes of at least 4 members (excludes halogenated alkanes) is 1. The molecule has 0 aliphatic rings. The molecule has 0 spiro atoms. The van der Waals surface area contributed by atoms with Crippen LogP contribution in [0.1, 0.15) is 30.9 Å². The molecule has 0 heterocycles. The van der Waals surface area contributed by atoms with E-state index in [2.05, 4.69) is 12.2 Å². The normalized spacial score (nSPS) is 11.2. The number of alkyl halides is 3. The van der Waals surface area contributed by atoms with Crippen molar-refractivity contribution in [3.8, 4) is 0 Å². The third-order valence-corrected chi connectivity index (χ3v) is 2.81. The van der Waals surface area contributed by atoms with Crippen LogP contribution in [0.15, 0.2) is 18.2 Å². The molecular formula is C14H19F3N2O. The van der Waals surface area contributed by atoms with Crippen molar-refractivity contribution in [2.24, 2.45) is 0 Å². The van der Waals surface area contributed by atoms with Crippen LogP contribution in [-0.4, -0.2) is 18.8 Å². The van der Waals surface area contributed by atoms with E-state index in [1.807, 2.05) is 19.1 Å². The van der Waals surface area contributed by atoms with Gasteiger partial charge >= 0.3 is 12.2 Å². The van der Waals surface area contributed by atoms with E-state index >= 15 is 0 Å². The Kier molecular flexibility index (Phi) is 5.85. The number of aryl methyl sites for hydroxylation is 2. The molecule has 1 aromatic carbocycles. The molecule has 0 aromatic heterocycles. The lowest BCUT2D eigenvalue weighted by Gasteiger charge is -2.12. The quantitative estimate of drug-likeness (QED) is 0.844. The molecule has 2 N–H and O–H groups in total. The molecule has 0 aliphatic carbocycles. The first-order valence-corrected chi connectivity index (χ1v) is 6.53. The van der Waals surface area contributed by atoms with E-state index in [1.165, 1.54) is 0 Å². The van der Waals surface area contributed by atoms with Crippen molar-refractivity contribution in [1.29, 1.82) is 0 Å². The summed E-state index contributed by atoms with van der Waals surface area (Å²) in [5.74, 6) is 0. The predicted octanol–water partition coefficient (Wildman–Crippen LogP) is 4.02. The molecule has 0 bridgehead atoms. The van der Waals surface area contributed by atoms with E-state index in [1.54, 1.807) is 11.4 Å². The third-order valence-electron chi connectivity index (χ3n) is 2.81. The van der Waals surface area contributed by atoms with E-state index in [0.29, 0.717) is 5.69 Å². The van der Waals surface area contributed by atoms with Gasteiger partial charge in [0, 0.05) is 5.69 Å². The third kappa shape index (κ3) is 5.95. The van der Waals surface area contributed by atoms with Crippen LogP contribution in [0.3, 0.4) is 0 Å². The summed E-state index contributed by atoms with van der Waals surface area (Å²) >= 11 is 0. The van der Waals surface area contributed by atoms with Crippen molar-refractivity contribution < 1.29 is 18.0 Å². The van der Waals surface area contributed by atoms with E-state index in [-0.39, 0.29) is 0 Å². The summed E-state index contributed by atoms with van der Waals surface area (Å²) in [5.41, 5.74) is 2.51. The standard InChI is InChI=1S/C14H19F3N2O/c1-3-4-5-11-6-7-12(10(2)8-11)19-13(20)18-9-14(15,16)17/h6-8H,3-5,9H2,1-2H3,(H2,18,19,20). The predicted molar refractivity (Wildman–Crippen MR) is 72.9 cm³/mol. The largest absolute Gasteiger partial charge is 0.405 e. The Morgan fingerprint density at radius 3 is 2.55 bits per heavy atom. The molecule has 1 rings (SSSR count). The van der Waals surface area contributed by atoms with Crippen molar-refractivity contribution in [1.82, 2.24) is 5.32 Å². The molecule has 112 valence electrons. The van der Waals surface area contributed by atoms with Gasteiger partial charge in [-0.2, -0.15) is 13.2 Å². The van der Waals surface area contributed by atoms with Gasteiger partial charge in [0.05, 0.1) is 0 Å². The highest BCUT2D eigenvalue weighted by Crippen LogP contribution is 2.18. The van der Waals surface area contributed by atoms with Gasteiger partial charge in [-0.25, -0.2) is 4.79 Å². The first-order valence-electron chi connectivity index (χ1n) is 6.53. The van der Waals surface area contributed by atoms with E-state index in [4.69, 9.17) is 0 Å². The molecule has 2 amide bonds. The highest BCUT2D eigenvalue weighted by Gasteiger charge is 2.27. The Hall–Kier alpha value is -1.72. The van der Waals surface area contributed by atoms with Crippen LogP contribution in [0.2, 0.25) is 0 Å². The molecule has 0 saturated heterocycles. The summed E-state index contributed by atoms with van der Waals surface area (Å²) in [6, 6.07) is 4.68. The number of nitrogens with one attached hydrogen (secondary N) is 2. The number of amides is 2. The lowest BCUT2D eigenvalue weighted by atomic mass is 10.0. The SMILES string of the molecule is CCCCc1ccc(NC(=O)NCC(F)(F)F)c(C)c1. The average molecular weight is 288 g/mol. The molecule has 0 radical (unpaired) electrons. The van der Waals surface area contributed by atoms with Gasteiger partial charge in [0.1, 0.15) is 6.54 Å². The Labute approximate surface area is 116 Å². The molecular weight excluding hydrogens is 269 g/mol. The van der Waals surface area contributed by atoms with Crippen molar-refractivity contribution in [2.75, 3.05) is 11.9 Å². The number of urea groups is 1. The fourth-order valence-electron chi connectivity index (χ4n) is 1.75. The zero-order valence-corrected chi connectivity index (χ0v) is 11.6. The first kappa shape index (κ1) is 16.3. The number of rotatable bonds is 5. The van der Waals surface area contributed by atoms with Gasteiger partial charge in [0.2, 0.25) is 0 Å². The monoisotopic (exact) mass is 288 g/mol. The van der Waals surface area contributed by atoms with Crippen molar-refractivity contribution in [3.63, 3.8) is 0 Å². The van der Waals surface area contributed by atoms with E-state index < -0.39 is 18.8 Å². The number of hydrogen-bond donors (Lipinski definition) is 2. The van der Waals surface area contributed by atoms with Gasteiger partial charge in [-0.3, -0.25) is 0 Å². The van der Waals surface area contributed by atoms with Crippen LogP contribution >= 0.6 is 0 Å². The van der Waals surface area contributed by atoms with Crippen molar-refractivity contribution in [3.05, 3.63) is 29.3 Å². The number of halogens is 3. The van der Waals surface area contributed by atoms with Gasteiger partial charge in [0.15, 0.2) is 0 Å². The second kappa shape index (κ2) is 7.17. The molecule has 0 unspecified atom stereocenters. The Bertz CT molecular complexity index is 458. The zero-order valence-electron chi connectivity index (χ0n) is 11.6. The molecule has 3 nitrogen and oxygen atoms in total. The number of benzene rings is 1. The van der Waals surface area contributed by atoms with Crippen molar-refractivity contribution in [2.45, 2.75) is 39.3 Å². The minimum Gasteiger partial charge on any atom is -0.329 e. The minimum atomic E-state index is -4.41. The van der Waals surface area contributed by atoms with Gasteiger partial charge in [0.25, 0.3) is 0 Å². The molecule has 20 heavy (non-hydrogen) atoms. The second-order valence-electron chi connectivity index (χ2n) is 4.68. The lowest BCUT2D eigenvalue weighted by molar-refractivity contribution is -0.122. The zero-order chi connectivity index (χ0) is 15.2. The summed E-state index contributed by atoms with van der Waals surface area (Å²) < 4.78 is 35.9. The summed E-state index contributed by atoms with van der Waals surface area (Å²) in [7, 11) is 0. The summed E-state index contributed by atoms with van der Waals surface area (Å²) in [6.45, 7) is 2.58. The van der Waals surface area contributed by atoms with Gasteiger partial charge in [-0.05, 0) is 37.0 Å². The van der Waals surface area contributed by atoms with E-state index in [0.717, 1.165) is 30.4 Å². The summed E-state index contributed by atoms with van der Waals surface area (Å²) in [4.78, 5) is 11.3. The average Bonchev–Trinajstić information content (AvgIpc) is 2.36. The Morgan fingerprint density at radius 2 is 2.00 bits per heavy atom. The lowest BCUT2D eigenvalue weighted by Crippen LogP contribution is -2.36. The van der Waals surface area contributed by atoms with Gasteiger partial charge in [-0.1, -0.05) is 25.5 Å². The fraction of sp³-hybridized carbons (Fsp3) is 0.500. The minimum absolute atomic E-state index is 0.518. The van der Waals surface area contributed by atoms with Crippen LogP contribution in [0.5, 0.6) is 0 Å². The second-order valence-corrected chi connectivity index (χ2v) is 4.68. The van der Waals surface area contributed by atoms with Crippen LogP contribution in [0.25, 0.3) is 0 Å².